The van der Waals surface area contributed by atoms with E-state index in [1.165, 1.54) is 0 Å². The number of hydrogen-bond donors (Lipinski definition) is 3. The van der Waals surface area contributed by atoms with Crippen molar-refractivity contribution in [1.82, 2.24) is 25.7 Å². The van der Waals surface area contributed by atoms with Crippen molar-refractivity contribution in [2.45, 2.75) is 45.3 Å². The lowest BCUT2D eigenvalue weighted by Crippen LogP contribution is -2.42. The molecule has 0 aromatic carbocycles. The van der Waals surface area contributed by atoms with Gasteiger partial charge in [0.2, 0.25) is 0 Å². The molecule has 0 aliphatic heterocycles. The predicted molar refractivity (Wildman–Crippen MR) is 76.2 cm³/mol. The lowest BCUT2D eigenvalue weighted by Gasteiger charge is -2.21. The number of aromatic amines is 2. The van der Waals surface area contributed by atoms with E-state index in [4.69, 9.17) is 4.74 Å². The van der Waals surface area contributed by atoms with Crippen molar-refractivity contribution < 1.29 is 9.53 Å². The van der Waals surface area contributed by atoms with Crippen molar-refractivity contribution in [3.8, 4) is 5.75 Å². The van der Waals surface area contributed by atoms with Gasteiger partial charge in [0, 0.05) is 11.3 Å². The van der Waals surface area contributed by atoms with Crippen molar-refractivity contribution >= 4 is 5.91 Å². The molecule has 7 heteroatoms. The van der Waals surface area contributed by atoms with Gasteiger partial charge in [-0.05, 0) is 33.1 Å². The molecule has 2 aromatic heterocycles. The second-order valence-electron chi connectivity index (χ2n) is 5.42. The Morgan fingerprint density at radius 2 is 2.29 bits per heavy atom. The summed E-state index contributed by atoms with van der Waals surface area (Å²) in [6.07, 6.45) is 6.20. The molecule has 3 N–H and O–H groups in total. The first-order valence-electron chi connectivity index (χ1n) is 7.13. The van der Waals surface area contributed by atoms with Crippen LogP contribution < -0.4 is 10.1 Å². The second kappa shape index (κ2) is 5.59. The molecule has 2 atom stereocenters. The highest BCUT2D eigenvalue weighted by Crippen LogP contribution is 2.24. The number of ether oxygens (including phenoxy) is 1. The molecule has 2 heterocycles. The fourth-order valence-corrected chi connectivity index (χ4v) is 2.65. The van der Waals surface area contributed by atoms with Crippen LogP contribution in [0.15, 0.2) is 12.4 Å². The van der Waals surface area contributed by atoms with Gasteiger partial charge < -0.3 is 10.1 Å². The van der Waals surface area contributed by atoms with Gasteiger partial charge in [-0.1, -0.05) is 0 Å². The van der Waals surface area contributed by atoms with E-state index in [1.54, 1.807) is 12.4 Å². The Labute approximate surface area is 122 Å². The zero-order valence-corrected chi connectivity index (χ0v) is 12.1. The SMILES string of the molecule is Cc1[nH]nc(C(=O)N[C@H]2CCC[C@H]2Oc2cn[nH]c2)c1C. The van der Waals surface area contributed by atoms with Crippen LogP contribution in [0.5, 0.6) is 5.75 Å². The number of nitrogens with one attached hydrogen (secondary N) is 3. The summed E-state index contributed by atoms with van der Waals surface area (Å²) in [5.74, 6) is 0.553. The molecule has 21 heavy (non-hydrogen) atoms. The third kappa shape index (κ3) is 2.76. The van der Waals surface area contributed by atoms with Gasteiger partial charge in [-0.25, -0.2) is 0 Å². The molecule has 2 aromatic rings. The summed E-state index contributed by atoms with van der Waals surface area (Å²) in [4.78, 5) is 12.3. The topological polar surface area (TPSA) is 95.7 Å². The summed E-state index contributed by atoms with van der Waals surface area (Å²) >= 11 is 0. The van der Waals surface area contributed by atoms with E-state index >= 15 is 0 Å². The van der Waals surface area contributed by atoms with E-state index in [1.807, 2.05) is 13.8 Å². The number of carbonyl (C=O) groups excluding carboxylic acids is 1. The van der Waals surface area contributed by atoms with Crippen LogP contribution in [0.1, 0.15) is 41.0 Å². The molecule has 1 fully saturated rings. The van der Waals surface area contributed by atoms with E-state index < -0.39 is 0 Å². The number of carbonyl (C=O) groups is 1. The maximum atomic E-state index is 12.3. The molecule has 3 rings (SSSR count). The van der Waals surface area contributed by atoms with Crippen LogP contribution in [-0.2, 0) is 0 Å². The Balaban J connectivity index is 1.66. The normalized spacial score (nSPS) is 21.4. The maximum absolute atomic E-state index is 12.3. The molecule has 0 saturated heterocycles. The highest BCUT2D eigenvalue weighted by atomic mass is 16.5. The Morgan fingerprint density at radius 3 is 2.95 bits per heavy atom. The van der Waals surface area contributed by atoms with Gasteiger partial charge >= 0.3 is 0 Å². The molecule has 7 nitrogen and oxygen atoms in total. The number of aryl methyl sites for hydroxylation is 1. The minimum absolute atomic E-state index is 0.00352. The summed E-state index contributed by atoms with van der Waals surface area (Å²) in [5.41, 5.74) is 2.26. The first-order valence-corrected chi connectivity index (χ1v) is 7.13. The first-order chi connectivity index (χ1) is 10.1. The van der Waals surface area contributed by atoms with Crippen molar-refractivity contribution in [3.63, 3.8) is 0 Å². The van der Waals surface area contributed by atoms with Crippen LogP contribution in [0.25, 0.3) is 0 Å². The van der Waals surface area contributed by atoms with Gasteiger partial charge in [-0.2, -0.15) is 10.2 Å². The largest absolute Gasteiger partial charge is 0.485 e. The van der Waals surface area contributed by atoms with Crippen LogP contribution in [0.2, 0.25) is 0 Å². The highest BCUT2D eigenvalue weighted by Gasteiger charge is 2.31. The van der Waals surface area contributed by atoms with Crippen LogP contribution in [-0.4, -0.2) is 38.4 Å². The van der Waals surface area contributed by atoms with Crippen LogP contribution in [0.4, 0.5) is 0 Å². The standard InChI is InChI=1S/C14H19N5O2/c1-8-9(2)18-19-13(8)14(20)17-11-4-3-5-12(11)21-10-6-15-16-7-10/h6-7,11-12H,3-5H2,1-2H3,(H,15,16)(H,17,20)(H,18,19)/t11-,12+/m0/s1. The molecule has 0 unspecified atom stereocenters. The number of aromatic nitrogens is 4. The van der Waals surface area contributed by atoms with Crippen LogP contribution in [0, 0.1) is 13.8 Å². The van der Waals surface area contributed by atoms with Crippen molar-refractivity contribution in [2.24, 2.45) is 0 Å². The van der Waals surface area contributed by atoms with E-state index in [0.717, 1.165) is 30.5 Å². The second-order valence-corrected chi connectivity index (χ2v) is 5.42. The van der Waals surface area contributed by atoms with E-state index in [2.05, 4.69) is 25.7 Å². The Bertz CT molecular complexity index is 619. The Morgan fingerprint density at radius 1 is 1.43 bits per heavy atom. The number of H-pyrrole nitrogens is 2. The third-order valence-corrected chi connectivity index (χ3v) is 4.00. The quantitative estimate of drug-likeness (QED) is 0.794. The molecular weight excluding hydrogens is 270 g/mol. The van der Waals surface area contributed by atoms with Crippen molar-refractivity contribution in [3.05, 3.63) is 29.3 Å². The average Bonchev–Trinajstić information content (AvgIpc) is 3.17. The first kappa shape index (κ1) is 13.7. The molecule has 0 bridgehead atoms. The fraction of sp³-hybridized carbons (Fsp3) is 0.500. The molecule has 1 aliphatic rings. The van der Waals surface area contributed by atoms with Gasteiger partial charge in [0.05, 0.1) is 18.4 Å². The number of amides is 1. The molecule has 1 amide bonds. The minimum Gasteiger partial charge on any atom is -0.485 e. The summed E-state index contributed by atoms with van der Waals surface area (Å²) < 4.78 is 5.86. The molecule has 112 valence electrons. The molecule has 0 radical (unpaired) electrons. The molecule has 0 spiro atoms. The van der Waals surface area contributed by atoms with Crippen LogP contribution in [0.3, 0.4) is 0 Å². The number of rotatable bonds is 4. The lowest BCUT2D eigenvalue weighted by molar-refractivity contribution is 0.0888. The monoisotopic (exact) mass is 289 g/mol. The average molecular weight is 289 g/mol. The van der Waals surface area contributed by atoms with Gasteiger partial charge in [0.15, 0.2) is 11.4 Å². The van der Waals surface area contributed by atoms with E-state index in [9.17, 15) is 4.79 Å². The van der Waals surface area contributed by atoms with E-state index in [-0.39, 0.29) is 18.1 Å². The summed E-state index contributed by atoms with van der Waals surface area (Å²) in [6, 6.07) is 0.00352. The van der Waals surface area contributed by atoms with Crippen molar-refractivity contribution in [1.29, 1.82) is 0 Å². The van der Waals surface area contributed by atoms with Crippen LogP contribution >= 0.6 is 0 Å². The molecule has 1 aliphatic carbocycles. The number of nitrogens with zero attached hydrogens (tertiary/aromatic N) is 2. The minimum atomic E-state index is -0.149. The third-order valence-electron chi connectivity index (χ3n) is 4.00. The van der Waals surface area contributed by atoms with Gasteiger partial charge in [-0.15, -0.1) is 0 Å². The zero-order chi connectivity index (χ0) is 14.8. The number of hydrogen-bond acceptors (Lipinski definition) is 4. The Kier molecular flexibility index (Phi) is 3.64. The fourth-order valence-electron chi connectivity index (χ4n) is 2.65. The smallest absolute Gasteiger partial charge is 0.272 e. The van der Waals surface area contributed by atoms with E-state index in [0.29, 0.717) is 11.4 Å². The van der Waals surface area contributed by atoms with Gasteiger partial charge in [0.25, 0.3) is 5.91 Å². The molecule has 1 saturated carbocycles. The Hall–Kier alpha value is -2.31. The molecular formula is C14H19N5O2. The predicted octanol–water partition coefficient (Wildman–Crippen LogP) is 1.48. The lowest BCUT2D eigenvalue weighted by atomic mass is 10.1. The summed E-state index contributed by atoms with van der Waals surface area (Å²) in [5, 5.41) is 16.5. The summed E-state index contributed by atoms with van der Waals surface area (Å²) in [7, 11) is 0. The van der Waals surface area contributed by atoms with Gasteiger partial charge in [-0.3, -0.25) is 15.0 Å². The maximum Gasteiger partial charge on any atom is 0.272 e. The van der Waals surface area contributed by atoms with Gasteiger partial charge in [0.1, 0.15) is 6.10 Å². The summed E-state index contributed by atoms with van der Waals surface area (Å²) in [6.45, 7) is 3.79. The zero-order valence-electron chi connectivity index (χ0n) is 12.1. The van der Waals surface area contributed by atoms with Crippen molar-refractivity contribution in [2.75, 3.05) is 0 Å². The highest BCUT2D eigenvalue weighted by molar-refractivity contribution is 5.94.